The van der Waals surface area contributed by atoms with E-state index in [1.165, 1.54) is 11.1 Å². The smallest absolute Gasteiger partial charge is 0.303 e. The fraction of sp³-hybridized carbons (Fsp3) is 0.276. The van der Waals surface area contributed by atoms with E-state index in [1.807, 2.05) is 72.8 Å². The molecule has 6 nitrogen and oxygen atoms in total. The number of nitrogens with one attached hydrogen (secondary N) is 2. The van der Waals surface area contributed by atoms with Gasteiger partial charge in [0, 0.05) is 6.42 Å². The molecule has 0 heterocycles. The standard InChI is InChI=1S/C26H26N2O2.C3H6O2/c29-24(28-23-17-9-15-19-10-7-8-16-22(19)23)18-27-26(30)25(20-11-3-1-4-12-20)21-13-5-2-6-14-21;1-2-3(4)5/h1-8,10-14,16,23,25H,9,15,17-18H2,(H,27,30)(H,28,29);2H2,1H3,(H,4,5)/t23-;/m1./s1. The first-order valence-electron chi connectivity index (χ1n) is 12.0. The van der Waals surface area contributed by atoms with Crippen LogP contribution in [0.4, 0.5) is 0 Å². The summed E-state index contributed by atoms with van der Waals surface area (Å²) in [7, 11) is 0. The van der Waals surface area contributed by atoms with Gasteiger partial charge in [0.2, 0.25) is 11.8 Å². The van der Waals surface area contributed by atoms with E-state index in [0.29, 0.717) is 0 Å². The Morgan fingerprint density at radius 3 is 2.00 bits per heavy atom. The van der Waals surface area contributed by atoms with Gasteiger partial charge in [0.05, 0.1) is 18.5 Å². The van der Waals surface area contributed by atoms with Gasteiger partial charge in [-0.25, -0.2) is 0 Å². The van der Waals surface area contributed by atoms with E-state index >= 15 is 0 Å². The van der Waals surface area contributed by atoms with E-state index < -0.39 is 11.9 Å². The number of hydrogen-bond donors (Lipinski definition) is 3. The average molecular weight is 473 g/mol. The van der Waals surface area contributed by atoms with Crippen LogP contribution in [0.1, 0.15) is 60.4 Å². The van der Waals surface area contributed by atoms with Crippen LogP contribution in [-0.4, -0.2) is 29.4 Å². The van der Waals surface area contributed by atoms with Crippen molar-refractivity contribution in [1.29, 1.82) is 0 Å². The highest BCUT2D eigenvalue weighted by atomic mass is 16.4. The lowest BCUT2D eigenvalue weighted by molar-refractivity contribution is -0.136. The minimum absolute atomic E-state index is 0.0124. The molecule has 3 aromatic rings. The highest BCUT2D eigenvalue weighted by Crippen LogP contribution is 2.29. The Morgan fingerprint density at radius 2 is 1.43 bits per heavy atom. The molecule has 0 bridgehead atoms. The van der Waals surface area contributed by atoms with Crippen LogP contribution in [0.25, 0.3) is 0 Å². The molecule has 0 spiro atoms. The Morgan fingerprint density at radius 1 is 0.886 bits per heavy atom. The molecule has 1 aliphatic rings. The van der Waals surface area contributed by atoms with Crippen LogP contribution in [-0.2, 0) is 20.8 Å². The number of carboxylic acid groups (broad SMARTS) is 1. The Kier molecular flexibility index (Phi) is 9.60. The van der Waals surface area contributed by atoms with Crippen molar-refractivity contribution in [1.82, 2.24) is 10.6 Å². The minimum Gasteiger partial charge on any atom is -0.481 e. The molecule has 0 saturated carbocycles. The van der Waals surface area contributed by atoms with Gasteiger partial charge in [0.15, 0.2) is 0 Å². The van der Waals surface area contributed by atoms with Gasteiger partial charge in [0.1, 0.15) is 0 Å². The van der Waals surface area contributed by atoms with Crippen molar-refractivity contribution < 1.29 is 19.5 Å². The molecule has 1 aliphatic carbocycles. The SMILES string of the molecule is CCC(=O)O.O=C(CNC(=O)C(c1ccccc1)c1ccccc1)N[C@@H]1CCCc2ccccc21. The summed E-state index contributed by atoms with van der Waals surface area (Å²) < 4.78 is 0. The Balaban J connectivity index is 0.000000623. The number of fused-ring (bicyclic) bond motifs is 1. The molecule has 6 heteroatoms. The first kappa shape index (κ1) is 25.7. The van der Waals surface area contributed by atoms with Crippen LogP contribution in [0.15, 0.2) is 84.9 Å². The van der Waals surface area contributed by atoms with Gasteiger partial charge in [-0.2, -0.15) is 0 Å². The van der Waals surface area contributed by atoms with Crippen LogP contribution >= 0.6 is 0 Å². The predicted octanol–water partition coefficient (Wildman–Crippen LogP) is 4.61. The second kappa shape index (κ2) is 13.1. The second-order valence-electron chi connectivity index (χ2n) is 8.43. The molecule has 182 valence electrons. The summed E-state index contributed by atoms with van der Waals surface area (Å²) in [6, 6.07) is 27.6. The zero-order chi connectivity index (χ0) is 25.0. The van der Waals surface area contributed by atoms with Gasteiger partial charge in [-0.15, -0.1) is 0 Å². The number of carbonyl (C=O) groups is 3. The number of hydrogen-bond acceptors (Lipinski definition) is 3. The lowest BCUT2D eigenvalue weighted by Crippen LogP contribution is -2.41. The molecule has 0 unspecified atom stereocenters. The number of carbonyl (C=O) groups excluding carboxylic acids is 2. The number of carboxylic acids is 1. The van der Waals surface area contributed by atoms with Crippen LogP contribution in [0, 0.1) is 0 Å². The summed E-state index contributed by atoms with van der Waals surface area (Å²) in [5.74, 6) is -1.53. The van der Waals surface area contributed by atoms with E-state index in [-0.39, 0.29) is 30.8 Å². The van der Waals surface area contributed by atoms with Gasteiger partial charge in [-0.3, -0.25) is 14.4 Å². The molecule has 35 heavy (non-hydrogen) atoms. The zero-order valence-corrected chi connectivity index (χ0v) is 19.9. The van der Waals surface area contributed by atoms with E-state index in [9.17, 15) is 14.4 Å². The molecule has 3 aromatic carbocycles. The number of rotatable bonds is 7. The van der Waals surface area contributed by atoms with Crippen LogP contribution in [0.2, 0.25) is 0 Å². The maximum absolute atomic E-state index is 13.0. The molecule has 0 fully saturated rings. The van der Waals surface area contributed by atoms with E-state index in [0.717, 1.165) is 30.4 Å². The fourth-order valence-electron chi connectivity index (χ4n) is 4.20. The third-order valence-corrected chi connectivity index (χ3v) is 5.96. The first-order valence-corrected chi connectivity index (χ1v) is 12.0. The largest absolute Gasteiger partial charge is 0.481 e. The van der Waals surface area contributed by atoms with Crippen molar-refractivity contribution in [3.8, 4) is 0 Å². The van der Waals surface area contributed by atoms with Gasteiger partial charge in [-0.1, -0.05) is 91.9 Å². The van der Waals surface area contributed by atoms with Gasteiger partial charge < -0.3 is 15.7 Å². The monoisotopic (exact) mass is 472 g/mol. The minimum atomic E-state index is -0.745. The summed E-state index contributed by atoms with van der Waals surface area (Å²) in [5.41, 5.74) is 4.30. The molecule has 0 aliphatic heterocycles. The average Bonchev–Trinajstić information content (AvgIpc) is 2.89. The normalized spacial score (nSPS) is 14.2. The summed E-state index contributed by atoms with van der Waals surface area (Å²) in [6.07, 6.45) is 3.25. The quantitative estimate of drug-likeness (QED) is 0.468. The fourth-order valence-corrected chi connectivity index (χ4v) is 4.20. The maximum Gasteiger partial charge on any atom is 0.303 e. The van der Waals surface area contributed by atoms with E-state index in [1.54, 1.807) is 6.92 Å². The molecule has 0 saturated heterocycles. The molecule has 4 rings (SSSR count). The van der Waals surface area contributed by atoms with Crippen LogP contribution in [0.3, 0.4) is 0 Å². The van der Waals surface area contributed by atoms with Gasteiger partial charge >= 0.3 is 5.97 Å². The third-order valence-electron chi connectivity index (χ3n) is 5.96. The third kappa shape index (κ3) is 7.54. The summed E-state index contributed by atoms with van der Waals surface area (Å²) in [5, 5.41) is 13.7. The molecular weight excluding hydrogens is 440 g/mol. The molecule has 2 amide bonds. The first-order chi connectivity index (χ1) is 17.0. The molecule has 1 atom stereocenters. The number of benzene rings is 3. The van der Waals surface area contributed by atoms with Crippen LogP contribution in [0.5, 0.6) is 0 Å². The molecular formula is C29H32N2O4. The number of aliphatic carboxylic acids is 1. The van der Waals surface area contributed by atoms with Crippen molar-refractivity contribution in [3.63, 3.8) is 0 Å². The summed E-state index contributed by atoms with van der Waals surface area (Å²) in [4.78, 5) is 35.0. The molecule has 3 N–H and O–H groups in total. The molecule has 0 aromatic heterocycles. The van der Waals surface area contributed by atoms with Gasteiger partial charge in [0.25, 0.3) is 0 Å². The predicted molar refractivity (Wildman–Crippen MR) is 136 cm³/mol. The summed E-state index contributed by atoms with van der Waals surface area (Å²) in [6.45, 7) is 1.57. The Bertz CT molecular complexity index is 1080. The highest BCUT2D eigenvalue weighted by Gasteiger charge is 2.24. The van der Waals surface area contributed by atoms with Crippen molar-refractivity contribution in [2.45, 2.75) is 44.6 Å². The van der Waals surface area contributed by atoms with Crippen molar-refractivity contribution in [3.05, 3.63) is 107 Å². The van der Waals surface area contributed by atoms with E-state index in [2.05, 4.69) is 22.8 Å². The second-order valence-corrected chi connectivity index (χ2v) is 8.43. The summed E-state index contributed by atoms with van der Waals surface area (Å²) >= 11 is 0. The lowest BCUT2D eigenvalue weighted by Gasteiger charge is -2.26. The van der Waals surface area contributed by atoms with Crippen molar-refractivity contribution in [2.75, 3.05) is 6.54 Å². The number of amides is 2. The zero-order valence-electron chi connectivity index (χ0n) is 19.9. The topological polar surface area (TPSA) is 95.5 Å². The maximum atomic E-state index is 13.0. The van der Waals surface area contributed by atoms with Crippen molar-refractivity contribution in [2.24, 2.45) is 0 Å². The highest BCUT2D eigenvalue weighted by molar-refractivity contribution is 5.90. The Hall–Kier alpha value is -3.93. The van der Waals surface area contributed by atoms with E-state index in [4.69, 9.17) is 5.11 Å². The van der Waals surface area contributed by atoms with Gasteiger partial charge in [-0.05, 0) is 41.5 Å². The van der Waals surface area contributed by atoms with Crippen molar-refractivity contribution >= 4 is 17.8 Å². The molecule has 0 radical (unpaired) electrons. The lowest BCUT2D eigenvalue weighted by atomic mass is 9.88. The number of aryl methyl sites for hydroxylation is 1. The van der Waals surface area contributed by atoms with Crippen LogP contribution < -0.4 is 10.6 Å². The Labute approximate surface area is 206 Å².